The number of hydrogen-bond donors (Lipinski definition) is 0. The zero-order chi connectivity index (χ0) is 9.97. The Labute approximate surface area is 96.8 Å². The molecule has 2 aromatic carbocycles. The first-order valence-electron chi connectivity index (χ1n) is 4.63. The number of fused-ring (bicyclic) bond motifs is 1. The average molecular weight is 267 g/mol. The van der Waals surface area contributed by atoms with Crippen molar-refractivity contribution in [1.29, 1.82) is 0 Å². The third kappa shape index (κ3) is 1.82. The van der Waals surface area contributed by atoms with Crippen LogP contribution in [0.5, 0.6) is 0 Å². The minimum absolute atomic E-state index is 1.11. The maximum atomic E-state index is 3.60. The van der Waals surface area contributed by atoms with Crippen molar-refractivity contribution in [2.75, 3.05) is 5.75 Å². The summed E-state index contributed by atoms with van der Waals surface area (Å²) in [7, 11) is 0. The lowest BCUT2D eigenvalue weighted by Gasteiger charge is -2.06. The molecule has 0 spiro atoms. The fraction of sp³-hybridized carbons (Fsp3) is 0.167. The first kappa shape index (κ1) is 10.1. The van der Waals surface area contributed by atoms with Crippen molar-refractivity contribution in [3.8, 4) is 0 Å². The van der Waals surface area contributed by atoms with Gasteiger partial charge in [-0.2, -0.15) is 0 Å². The van der Waals surface area contributed by atoms with Crippen molar-refractivity contribution in [2.45, 2.75) is 11.8 Å². The van der Waals surface area contributed by atoms with Gasteiger partial charge >= 0.3 is 0 Å². The van der Waals surface area contributed by atoms with E-state index < -0.39 is 0 Å². The second-order valence-electron chi connectivity index (χ2n) is 3.03. The van der Waals surface area contributed by atoms with Gasteiger partial charge in [-0.1, -0.05) is 47.1 Å². The Morgan fingerprint density at radius 3 is 2.57 bits per heavy atom. The van der Waals surface area contributed by atoms with E-state index in [2.05, 4.69) is 59.3 Å². The standard InChI is InChI=1S/C12H11BrS/c1-2-14-11-8-4-6-9-5-3-7-10(13)12(9)11/h3-8H,2H2,1H3. The third-order valence-corrected chi connectivity index (χ3v) is 3.72. The number of thioether (sulfide) groups is 1. The summed E-state index contributed by atoms with van der Waals surface area (Å²) in [6.45, 7) is 2.18. The second kappa shape index (κ2) is 4.37. The van der Waals surface area contributed by atoms with E-state index in [1.165, 1.54) is 20.1 Å². The van der Waals surface area contributed by atoms with Crippen molar-refractivity contribution in [3.63, 3.8) is 0 Å². The topological polar surface area (TPSA) is 0 Å². The molecule has 2 heteroatoms. The molecule has 0 unspecified atom stereocenters. The molecule has 0 radical (unpaired) electrons. The van der Waals surface area contributed by atoms with E-state index in [1.807, 2.05) is 11.8 Å². The zero-order valence-electron chi connectivity index (χ0n) is 7.96. The van der Waals surface area contributed by atoms with Gasteiger partial charge in [0.15, 0.2) is 0 Å². The molecule has 0 aliphatic rings. The van der Waals surface area contributed by atoms with Crippen molar-refractivity contribution < 1.29 is 0 Å². The van der Waals surface area contributed by atoms with E-state index in [1.54, 1.807) is 0 Å². The molecule has 0 amide bonds. The van der Waals surface area contributed by atoms with Crippen LogP contribution in [-0.4, -0.2) is 5.75 Å². The molecule has 0 saturated carbocycles. The van der Waals surface area contributed by atoms with Crippen molar-refractivity contribution in [1.82, 2.24) is 0 Å². The van der Waals surface area contributed by atoms with E-state index in [9.17, 15) is 0 Å². The van der Waals surface area contributed by atoms with Crippen LogP contribution in [0.4, 0.5) is 0 Å². The highest BCUT2D eigenvalue weighted by Crippen LogP contribution is 2.32. The van der Waals surface area contributed by atoms with Gasteiger partial charge in [-0.15, -0.1) is 11.8 Å². The monoisotopic (exact) mass is 266 g/mol. The Morgan fingerprint density at radius 1 is 1.14 bits per heavy atom. The number of rotatable bonds is 2. The zero-order valence-corrected chi connectivity index (χ0v) is 10.4. The van der Waals surface area contributed by atoms with Crippen LogP contribution < -0.4 is 0 Å². The Morgan fingerprint density at radius 2 is 1.86 bits per heavy atom. The molecule has 0 atom stereocenters. The van der Waals surface area contributed by atoms with E-state index >= 15 is 0 Å². The van der Waals surface area contributed by atoms with Crippen molar-refractivity contribution in [3.05, 3.63) is 40.9 Å². The minimum atomic E-state index is 1.11. The summed E-state index contributed by atoms with van der Waals surface area (Å²) in [5, 5.41) is 2.64. The number of hydrogen-bond acceptors (Lipinski definition) is 1. The van der Waals surface area contributed by atoms with Crippen LogP contribution in [0, 0.1) is 0 Å². The number of benzene rings is 2. The predicted octanol–water partition coefficient (Wildman–Crippen LogP) is 4.71. The maximum absolute atomic E-state index is 3.60. The molecular weight excluding hydrogens is 256 g/mol. The normalized spacial score (nSPS) is 10.7. The quantitative estimate of drug-likeness (QED) is 0.710. The van der Waals surface area contributed by atoms with E-state index in [-0.39, 0.29) is 0 Å². The summed E-state index contributed by atoms with van der Waals surface area (Å²) < 4.78 is 1.19. The van der Waals surface area contributed by atoms with Gasteiger partial charge in [0.1, 0.15) is 0 Å². The molecule has 0 aliphatic heterocycles. The average Bonchev–Trinajstić information content (AvgIpc) is 2.19. The largest absolute Gasteiger partial charge is 0.126 e. The molecule has 72 valence electrons. The highest BCUT2D eigenvalue weighted by Gasteiger charge is 2.03. The Balaban J connectivity index is 2.71. The van der Waals surface area contributed by atoms with E-state index in [0.717, 1.165) is 5.75 Å². The molecule has 2 aromatic rings. The molecule has 0 fully saturated rings. The van der Waals surface area contributed by atoms with Crippen LogP contribution in [0.15, 0.2) is 45.8 Å². The van der Waals surface area contributed by atoms with Crippen molar-refractivity contribution >= 4 is 38.5 Å². The van der Waals surface area contributed by atoms with Gasteiger partial charge in [0.05, 0.1) is 0 Å². The summed E-state index contributed by atoms with van der Waals surface area (Å²) in [5.74, 6) is 1.11. The second-order valence-corrected chi connectivity index (χ2v) is 5.19. The summed E-state index contributed by atoms with van der Waals surface area (Å²) in [6, 6.07) is 12.8. The minimum Gasteiger partial charge on any atom is -0.126 e. The summed E-state index contributed by atoms with van der Waals surface area (Å²) in [5.41, 5.74) is 0. The highest BCUT2D eigenvalue weighted by molar-refractivity contribution is 9.10. The molecule has 0 bridgehead atoms. The lowest BCUT2D eigenvalue weighted by atomic mass is 10.1. The molecule has 0 saturated heterocycles. The molecule has 0 aromatic heterocycles. The molecule has 0 aliphatic carbocycles. The van der Waals surface area contributed by atoms with Crippen LogP contribution in [0.2, 0.25) is 0 Å². The van der Waals surface area contributed by atoms with E-state index in [0.29, 0.717) is 0 Å². The molecule has 0 nitrogen and oxygen atoms in total. The van der Waals surface area contributed by atoms with Gasteiger partial charge in [-0.3, -0.25) is 0 Å². The molecule has 14 heavy (non-hydrogen) atoms. The molecular formula is C12H11BrS. The highest BCUT2D eigenvalue weighted by atomic mass is 79.9. The molecule has 0 heterocycles. The van der Waals surface area contributed by atoms with Gasteiger partial charge in [0.2, 0.25) is 0 Å². The molecule has 2 rings (SSSR count). The smallest absolute Gasteiger partial charge is 0.0264 e. The lowest BCUT2D eigenvalue weighted by Crippen LogP contribution is -1.79. The SMILES string of the molecule is CCSc1cccc2cccc(Br)c12. The van der Waals surface area contributed by atoms with Gasteiger partial charge in [-0.25, -0.2) is 0 Å². The van der Waals surface area contributed by atoms with Crippen LogP contribution in [-0.2, 0) is 0 Å². The summed E-state index contributed by atoms with van der Waals surface area (Å²) in [6.07, 6.45) is 0. The Kier molecular flexibility index (Phi) is 3.14. The van der Waals surface area contributed by atoms with Gasteiger partial charge in [0, 0.05) is 14.8 Å². The lowest BCUT2D eigenvalue weighted by molar-refractivity contribution is 1.47. The van der Waals surface area contributed by atoms with Crippen LogP contribution in [0.1, 0.15) is 6.92 Å². The first-order valence-corrected chi connectivity index (χ1v) is 6.41. The maximum Gasteiger partial charge on any atom is 0.0264 e. The van der Waals surface area contributed by atoms with E-state index in [4.69, 9.17) is 0 Å². The Bertz CT molecular complexity index is 446. The predicted molar refractivity (Wildman–Crippen MR) is 68.0 cm³/mol. The number of halogens is 1. The van der Waals surface area contributed by atoms with Crippen LogP contribution in [0.3, 0.4) is 0 Å². The van der Waals surface area contributed by atoms with Gasteiger partial charge in [0.25, 0.3) is 0 Å². The Hall–Kier alpha value is -0.470. The third-order valence-electron chi connectivity index (χ3n) is 2.12. The van der Waals surface area contributed by atoms with Crippen molar-refractivity contribution in [2.24, 2.45) is 0 Å². The summed E-state index contributed by atoms with van der Waals surface area (Å²) in [4.78, 5) is 1.36. The fourth-order valence-corrected chi connectivity index (χ4v) is 3.12. The van der Waals surface area contributed by atoms with Gasteiger partial charge < -0.3 is 0 Å². The fourth-order valence-electron chi connectivity index (χ4n) is 1.54. The molecule has 0 N–H and O–H groups in total. The first-order chi connectivity index (χ1) is 6.83. The van der Waals surface area contributed by atoms with Crippen LogP contribution >= 0.6 is 27.7 Å². The summed E-state index contributed by atoms with van der Waals surface area (Å²) >= 11 is 5.49. The van der Waals surface area contributed by atoms with Gasteiger partial charge in [-0.05, 0) is 23.3 Å². The van der Waals surface area contributed by atoms with Crippen LogP contribution in [0.25, 0.3) is 10.8 Å².